The zero-order valence-electron chi connectivity index (χ0n) is 17.7. The number of benzene rings is 2. The fourth-order valence-corrected chi connectivity index (χ4v) is 3.80. The summed E-state index contributed by atoms with van der Waals surface area (Å²) in [5.41, 5.74) is 2.26. The third-order valence-electron chi connectivity index (χ3n) is 4.41. The Labute approximate surface area is 182 Å². The van der Waals surface area contributed by atoms with Gasteiger partial charge < -0.3 is 14.6 Å². The lowest BCUT2D eigenvalue weighted by molar-refractivity contribution is -0.119. The molecule has 31 heavy (non-hydrogen) atoms. The van der Waals surface area contributed by atoms with E-state index in [9.17, 15) is 13.2 Å². The highest BCUT2D eigenvalue weighted by Crippen LogP contribution is 2.22. The van der Waals surface area contributed by atoms with Crippen LogP contribution in [0.1, 0.15) is 19.4 Å². The minimum absolute atomic E-state index is 0.0108. The van der Waals surface area contributed by atoms with E-state index in [1.165, 1.54) is 0 Å². The third kappa shape index (κ3) is 6.32. The molecule has 3 rings (SSSR count). The number of aromatic nitrogens is 2. The molecule has 2 aromatic carbocycles. The van der Waals surface area contributed by atoms with Crippen LogP contribution in [-0.4, -0.2) is 42.8 Å². The Morgan fingerprint density at radius 3 is 2.35 bits per heavy atom. The Morgan fingerprint density at radius 2 is 1.81 bits per heavy atom. The van der Waals surface area contributed by atoms with E-state index in [4.69, 9.17) is 4.74 Å². The van der Waals surface area contributed by atoms with Crippen LogP contribution in [0.2, 0.25) is 0 Å². The van der Waals surface area contributed by atoms with Gasteiger partial charge in [0.15, 0.2) is 0 Å². The predicted molar refractivity (Wildman–Crippen MR) is 120 cm³/mol. The molecular formula is C22H26N4O4S. The molecule has 0 bridgehead atoms. The molecule has 0 aliphatic carbocycles. The fourth-order valence-electron chi connectivity index (χ4n) is 2.95. The number of carbonyl (C=O) groups is 1. The van der Waals surface area contributed by atoms with Crippen LogP contribution in [-0.2, 0) is 21.4 Å². The number of hydrogen-bond donors (Lipinski definition) is 1. The molecule has 0 radical (unpaired) electrons. The van der Waals surface area contributed by atoms with Gasteiger partial charge in [0.1, 0.15) is 12.3 Å². The number of rotatable bonds is 9. The van der Waals surface area contributed by atoms with Crippen molar-refractivity contribution in [1.29, 1.82) is 0 Å². The van der Waals surface area contributed by atoms with Crippen LogP contribution in [0.3, 0.4) is 0 Å². The lowest BCUT2D eigenvalue weighted by atomic mass is 10.2. The van der Waals surface area contributed by atoms with Crippen LogP contribution in [0.5, 0.6) is 5.75 Å². The summed E-state index contributed by atoms with van der Waals surface area (Å²) in [7, 11) is -3.64. The van der Waals surface area contributed by atoms with E-state index < -0.39 is 15.9 Å². The summed E-state index contributed by atoms with van der Waals surface area (Å²) in [4.78, 5) is 16.5. The van der Waals surface area contributed by atoms with E-state index in [2.05, 4.69) is 10.3 Å². The number of imidazole rings is 1. The number of nitrogens with one attached hydrogen (secondary N) is 1. The van der Waals surface area contributed by atoms with Crippen LogP contribution in [0.4, 0.5) is 5.69 Å². The predicted octanol–water partition coefficient (Wildman–Crippen LogP) is 2.74. The molecule has 0 unspecified atom stereocenters. The lowest BCUT2D eigenvalue weighted by Gasteiger charge is -2.22. The normalized spacial score (nSPS) is 11.4. The van der Waals surface area contributed by atoms with Gasteiger partial charge in [0.2, 0.25) is 15.9 Å². The summed E-state index contributed by atoms with van der Waals surface area (Å²) in [6, 6.07) is 14.3. The van der Waals surface area contributed by atoms with Crippen LogP contribution >= 0.6 is 0 Å². The average molecular weight is 443 g/mol. The molecule has 0 saturated carbocycles. The monoisotopic (exact) mass is 442 g/mol. The van der Waals surface area contributed by atoms with Crippen molar-refractivity contribution < 1.29 is 17.9 Å². The summed E-state index contributed by atoms with van der Waals surface area (Å²) in [6.07, 6.45) is 6.34. The standard InChI is InChI=1S/C22H26N4O4S/c1-17(2)30-21-10-8-20(9-11-21)26(31(3,28)29)15-22(27)24-14-18-4-6-19(7-5-18)25-13-12-23-16-25/h4-13,16-17H,14-15H2,1-3H3,(H,24,27). The van der Waals surface area contributed by atoms with E-state index in [-0.39, 0.29) is 12.6 Å². The molecule has 0 spiro atoms. The summed E-state index contributed by atoms with van der Waals surface area (Å²) in [5.74, 6) is 0.238. The van der Waals surface area contributed by atoms with Gasteiger partial charge in [0, 0.05) is 24.6 Å². The molecule has 0 atom stereocenters. The Bertz CT molecular complexity index is 1090. The fraction of sp³-hybridized carbons (Fsp3) is 0.273. The van der Waals surface area contributed by atoms with Gasteiger partial charge >= 0.3 is 0 Å². The molecule has 164 valence electrons. The second-order valence-electron chi connectivity index (χ2n) is 7.34. The molecule has 1 N–H and O–H groups in total. The molecule has 0 saturated heterocycles. The zero-order valence-corrected chi connectivity index (χ0v) is 18.5. The molecule has 0 fully saturated rings. The van der Waals surface area contributed by atoms with E-state index in [1.807, 2.05) is 48.9 Å². The highest BCUT2D eigenvalue weighted by atomic mass is 32.2. The number of carbonyl (C=O) groups excluding carboxylic acids is 1. The summed E-state index contributed by atoms with van der Waals surface area (Å²) >= 11 is 0. The van der Waals surface area contributed by atoms with Gasteiger partial charge in [-0.05, 0) is 55.8 Å². The number of hydrogen-bond acceptors (Lipinski definition) is 5. The third-order valence-corrected chi connectivity index (χ3v) is 5.55. The maximum absolute atomic E-state index is 12.5. The first-order valence-corrected chi connectivity index (χ1v) is 11.7. The van der Waals surface area contributed by atoms with Crippen LogP contribution < -0.4 is 14.4 Å². The maximum Gasteiger partial charge on any atom is 0.241 e. The topological polar surface area (TPSA) is 93.5 Å². The van der Waals surface area contributed by atoms with Crippen LogP contribution in [0.15, 0.2) is 67.3 Å². The number of nitrogens with zero attached hydrogens (tertiary/aromatic N) is 3. The van der Waals surface area contributed by atoms with Crippen molar-refractivity contribution in [2.45, 2.75) is 26.5 Å². The summed E-state index contributed by atoms with van der Waals surface area (Å²) < 4.78 is 33.1. The lowest BCUT2D eigenvalue weighted by Crippen LogP contribution is -2.40. The highest BCUT2D eigenvalue weighted by Gasteiger charge is 2.21. The molecular weight excluding hydrogens is 416 g/mol. The smallest absolute Gasteiger partial charge is 0.241 e. The largest absolute Gasteiger partial charge is 0.491 e. The van der Waals surface area contributed by atoms with Crippen molar-refractivity contribution >= 4 is 21.6 Å². The molecule has 0 aliphatic rings. The Hall–Kier alpha value is -3.33. The Balaban J connectivity index is 1.62. The number of anilines is 1. The molecule has 3 aromatic rings. The van der Waals surface area contributed by atoms with Gasteiger partial charge in [-0.1, -0.05) is 12.1 Å². The average Bonchev–Trinajstić information content (AvgIpc) is 3.25. The van der Waals surface area contributed by atoms with Crippen LogP contribution in [0, 0.1) is 0 Å². The number of sulfonamides is 1. The summed E-state index contributed by atoms with van der Waals surface area (Å²) in [6.45, 7) is 3.80. The number of amides is 1. The van der Waals surface area contributed by atoms with E-state index in [0.717, 1.165) is 21.8 Å². The van der Waals surface area contributed by atoms with Crippen molar-refractivity contribution in [2.75, 3.05) is 17.1 Å². The molecule has 8 nitrogen and oxygen atoms in total. The van der Waals surface area contributed by atoms with Crippen molar-refractivity contribution in [3.8, 4) is 11.4 Å². The van der Waals surface area contributed by atoms with Gasteiger partial charge in [-0.3, -0.25) is 9.10 Å². The van der Waals surface area contributed by atoms with Gasteiger partial charge in [0.25, 0.3) is 0 Å². The maximum atomic E-state index is 12.5. The second kappa shape index (κ2) is 9.65. The summed E-state index contributed by atoms with van der Waals surface area (Å²) in [5, 5.41) is 2.77. The van der Waals surface area contributed by atoms with Gasteiger partial charge in [0.05, 0.1) is 24.4 Å². The number of ether oxygens (including phenoxy) is 1. The van der Waals surface area contributed by atoms with Gasteiger partial charge in [-0.25, -0.2) is 13.4 Å². The first kappa shape index (κ1) is 22.4. The van der Waals surface area contributed by atoms with Gasteiger partial charge in [-0.2, -0.15) is 0 Å². The SMILES string of the molecule is CC(C)Oc1ccc(N(CC(=O)NCc2ccc(-n3ccnc3)cc2)S(C)(=O)=O)cc1. The van der Waals surface area contributed by atoms with E-state index in [0.29, 0.717) is 18.0 Å². The second-order valence-corrected chi connectivity index (χ2v) is 9.25. The molecule has 1 aromatic heterocycles. The highest BCUT2D eigenvalue weighted by molar-refractivity contribution is 7.92. The van der Waals surface area contributed by atoms with Crippen LogP contribution in [0.25, 0.3) is 5.69 Å². The van der Waals surface area contributed by atoms with E-state index >= 15 is 0 Å². The van der Waals surface area contributed by atoms with E-state index in [1.54, 1.807) is 36.8 Å². The molecule has 0 aliphatic heterocycles. The molecule has 1 heterocycles. The zero-order chi connectivity index (χ0) is 22.4. The molecule has 9 heteroatoms. The Morgan fingerprint density at radius 1 is 1.13 bits per heavy atom. The molecule has 1 amide bonds. The minimum Gasteiger partial charge on any atom is -0.491 e. The minimum atomic E-state index is -3.64. The Kier molecular flexibility index (Phi) is 6.96. The van der Waals surface area contributed by atoms with Gasteiger partial charge in [-0.15, -0.1) is 0 Å². The first-order valence-electron chi connectivity index (χ1n) is 9.81. The first-order chi connectivity index (χ1) is 14.7. The van der Waals surface area contributed by atoms with Crippen molar-refractivity contribution in [1.82, 2.24) is 14.9 Å². The van der Waals surface area contributed by atoms with Crippen molar-refractivity contribution in [3.63, 3.8) is 0 Å². The van der Waals surface area contributed by atoms with Crippen molar-refractivity contribution in [2.24, 2.45) is 0 Å². The quantitative estimate of drug-likeness (QED) is 0.550. The van der Waals surface area contributed by atoms with Crippen molar-refractivity contribution in [3.05, 3.63) is 72.8 Å².